The molecule has 0 aliphatic rings. The first-order valence-electron chi connectivity index (χ1n) is 4.93. The molecule has 4 heteroatoms. The van der Waals surface area contributed by atoms with Crippen LogP contribution in [0.3, 0.4) is 0 Å². The van der Waals surface area contributed by atoms with Crippen molar-refractivity contribution in [3.8, 4) is 5.75 Å². The first kappa shape index (κ1) is 12.7. The Bertz CT molecular complexity index is 315. The van der Waals surface area contributed by atoms with Gasteiger partial charge >= 0.3 is 0 Å². The van der Waals surface area contributed by atoms with E-state index < -0.39 is 11.2 Å². The second-order valence-electron chi connectivity index (χ2n) is 3.27. The number of methoxy groups -OCH3 is 1. The van der Waals surface area contributed by atoms with Crippen LogP contribution in [0, 0.1) is 0 Å². The molecule has 0 spiro atoms. The highest BCUT2D eigenvalue weighted by Crippen LogP contribution is 2.23. The number of hydrogen-bond acceptors (Lipinski definition) is 3. The number of ether oxygens (including phenoxy) is 1. The minimum Gasteiger partial charge on any atom is -0.611 e. The molecule has 84 valence electrons. The Kier molecular flexibility index (Phi) is 5.36. The maximum absolute atomic E-state index is 11.8. The second-order valence-corrected chi connectivity index (χ2v) is 5.36. The Labute approximate surface area is 99.6 Å². The smallest absolute Gasteiger partial charge is 0.157 e. The van der Waals surface area contributed by atoms with Crippen LogP contribution in [0.15, 0.2) is 28.0 Å². The fraction of sp³-hybridized carbons (Fsp3) is 0.455. The van der Waals surface area contributed by atoms with Gasteiger partial charge in [-0.1, -0.05) is 13.3 Å². The zero-order chi connectivity index (χ0) is 11.3. The number of hydrogen-bond donors (Lipinski definition) is 1. The van der Waals surface area contributed by atoms with Crippen LogP contribution in [-0.2, 0) is 11.2 Å². The Balaban J connectivity index is 2.78. The van der Waals surface area contributed by atoms with Crippen molar-refractivity contribution in [2.45, 2.75) is 29.6 Å². The highest BCUT2D eigenvalue weighted by Gasteiger charge is 2.12. The lowest BCUT2D eigenvalue weighted by atomic mass is 10.3. The molecule has 0 aliphatic carbocycles. The first-order chi connectivity index (χ1) is 7.17. The van der Waals surface area contributed by atoms with Crippen molar-refractivity contribution in [3.63, 3.8) is 0 Å². The lowest BCUT2D eigenvalue weighted by molar-refractivity contribution is 0.412. The van der Waals surface area contributed by atoms with Gasteiger partial charge in [0.1, 0.15) is 11.5 Å². The number of unbranched alkanes of at least 4 members (excludes halogenated alkanes) is 1. The summed E-state index contributed by atoms with van der Waals surface area (Å²) in [5.41, 5.74) is 0. The van der Waals surface area contributed by atoms with E-state index in [9.17, 15) is 4.55 Å². The van der Waals surface area contributed by atoms with Gasteiger partial charge in [0, 0.05) is 17.0 Å². The van der Waals surface area contributed by atoms with Crippen LogP contribution >= 0.6 is 12.6 Å². The number of rotatable bonds is 5. The first-order valence-corrected chi connectivity index (χ1v) is 6.70. The van der Waals surface area contributed by atoms with Gasteiger partial charge < -0.3 is 9.29 Å². The molecule has 0 bridgehead atoms. The molecular weight excluding hydrogens is 228 g/mol. The van der Waals surface area contributed by atoms with Gasteiger partial charge in [0.05, 0.1) is 7.11 Å². The predicted octanol–water partition coefficient (Wildman–Crippen LogP) is 2.89. The van der Waals surface area contributed by atoms with Crippen LogP contribution in [0.5, 0.6) is 5.75 Å². The van der Waals surface area contributed by atoms with Gasteiger partial charge in [0.15, 0.2) is 4.90 Å². The van der Waals surface area contributed by atoms with Crippen LogP contribution in [0.4, 0.5) is 0 Å². The SMILES string of the molecule is CCCC[S+]([O-])c1cc(S)cc(OC)c1. The molecule has 1 atom stereocenters. The highest BCUT2D eigenvalue weighted by molar-refractivity contribution is 7.91. The minimum atomic E-state index is -0.934. The lowest BCUT2D eigenvalue weighted by Gasteiger charge is -2.11. The molecule has 0 aliphatic heterocycles. The maximum Gasteiger partial charge on any atom is 0.157 e. The van der Waals surface area contributed by atoms with E-state index in [0.29, 0.717) is 11.5 Å². The van der Waals surface area contributed by atoms with Crippen LogP contribution < -0.4 is 4.74 Å². The topological polar surface area (TPSA) is 32.3 Å². The molecule has 0 amide bonds. The molecule has 0 N–H and O–H groups in total. The lowest BCUT2D eigenvalue weighted by Crippen LogP contribution is -2.06. The Morgan fingerprint density at radius 3 is 2.73 bits per heavy atom. The summed E-state index contributed by atoms with van der Waals surface area (Å²) in [6.07, 6.45) is 2.04. The van der Waals surface area contributed by atoms with Crippen LogP contribution in [0.25, 0.3) is 0 Å². The van der Waals surface area contributed by atoms with Gasteiger partial charge in [-0.3, -0.25) is 0 Å². The molecule has 0 saturated heterocycles. The summed E-state index contributed by atoms with van der Waals surface area (Å²) in [7, 11) is 1.60. The zero-order valence-electron chi connectivity index (χ0n) is 9.03. The van der Waals surface area contributed by atoms with Crippen LogP contribution in [-0.4, -0.2) is 17.4 Å². The fourth-order valence-corrected chi connectivity index (χ4v) is 2.85. The van der Waals surface area contributed by atoms with Crippen LogP contribution in [0.1, 0.15) is 19.8 Å². The third-order valence-electron chi connectivity index (χ3n) is 2.05. The van der Waals surface area contributed by atoms with Gasteiger partial charge in [-0.2, -0.15) is 0 Å². The quantitative estimate of drug-likeness (QED) is 0.638. The highest BCUT2D eigenvalue weighted by atomic mass is 32.2. The summed E-state index contributed by atoms with van der Waals surface area (Å²) in [6.45, 7) is 2.09. The van der Waals surface area contributed by atoms with Gasteiger partial charge in [-0.05, 0) is 23.7 Å². The van der Waals surface area contributed by atoms with Gasteiger partial charge in [0.2, 0.25) is 0 Å². The third-order valence-corrected chi connectivity index (χ3v) is 3.73. The van der Waals surface area contributed by atoms with Crippen molar-refractivity contribution in [3.05, 3.63) is 18.2 Å². The molecule has 0 aromatic heterocycles. The van der Waals surface area contributed by atoms with Gasteiger partial charge in [0.25, 0.3) is 0 Å². The molecular formula is C11H16O2S2. The monoisotopic (exact) mass is 244 g/mol. The molecule has 0 radical (unpaired) electrons. The average molecular weight is 244 g/mol. The Morgan fingerprint density at radius 2 is 2.13 bits per heavy atom. The van der Waals surface area contributed by atoms with Gasteiger partial charge in [-0.25, -0.2) is 0 Å². The minimum absolute atomic E-state index is 0.705. The van der Waals surface area contributed by atoms with E-state index in [-0.39, 0.29) is 0 Å². The van der Waals surface area contributed by atoms with Crippen molar-refractivity contribution in [1.82, 2.24) is 0 Å². The summed E-state index contributed by atoms with van der Waals surface area (Å²) in [4.78, 5) is 1.59. The van der Waals surface area contributed by atoms with Crippen molar-refractivity contribution < 1.29 is 9.29 Å². The second kappa shape index (κ2) is 6.30. The zero-order valence-corrected chi connectivity index (χ0v) is 10.7. The number of thiol groups is 1. The Morgan fingerprint density at radius 1 is 1.40 bits per heavy atom. The predicted molar refractivity (Wildman–Crippen MR) is 66.4 cm³/mol. The van der Waals surface area contributed by atoms with Crippen molar-refractivity contribution in [2.24, 2.45) is 0 Å². The van der Waals surface area contributed by atoms with E-state index in [0.717, 1.165) is 22.6 Å². The molecule has 2 nitrogen and oxygen atoms in total. The average Bonchev–Trinajstić information content (AvgIpc) is 2.24. The molecule has 1 unspecified atom stereocenters. The summed E-state index contributed by atoms with van der Waals surface area (Å²) >= 11 is 3.31. The fourth-order valence-electron chi connectivity index (χ4n) is 1.20. The van der Waals surface area contributed by atoms with E-state index in [4.69, 9.17) is 4.74 Å². The van der Waals surface area contributed by atoms with Gasteiger partial charge in [-0.15, -0.1) is 12.6 Å². The van der Waals surface area contributed by atoms with E-state index in [1.807, 2.05) is 18.2 Å². The van der Waals surface area contributed by atoms with Crippen molar-refractivity contribution in [1.29, 1.82) is 0 Å². The van der Waals surface area contributed by atoms with Crippen LogP contribution in [0.2, 0.25) is 0 Å². The number of benzene rings is 1. The maximum atomic E-state index is 11.8. The molecule has 1 aromatic carbocycles. The molecule has 0 saturated carbocycles. The summed E-state index contributed by atoms with van der Waals surface area (Å²) in [6, 6.07) is 5.45. The van der Waals surface area contributed by atoms with E-state index in [1.54, 1.807) is 7.11 Å². The molecule has 1 aromatic rings. The normalized spacial score (nSPS) is 12.5. The molecule has 0 heterocycles. The summed E-state index contributed by atoms with van der Waals surface area (Å²) < 4.78 is 17.0. The van der Waals surface area contributed by atoms with E-state index in [2.05, 4.69) is 19.6 Å². The largest absolute Gasteiger partial charge is 0.611 e. The van der Waals surface area contributed by atoms with Crippen molar-refractivity contribution in [2.75, 3.05) is 12.9 Å². The Hall–Kier alpha value is -0.320. The van der Waals surface area contributed by atoms with E-state index >= 15 is 0 Å². The summed E-state index contributed by atoms with van der Waals surface area (Å²) in [5, 5.41) is 0. The molecule has 0 fully saturated rings. The van der Waals surface area contributed by atoms with Crippen molar-refractivity contribution >= 4 is 23.8 Å². The standard InChI is InChI=1S/C11H16O2S2/c1-3-4-5-15(12)11-7-9(13-2)6-10(14)8-11/h6-8,14H,3-5H2,1-2H3. The van der Waals surface area contributed by atoms with E-state index in [1.165, 1.54) is 0 Å². The molecule has 1 rings (SSSR count). The third kappa shape index (κ3) is 3.97. The summed E-state index contributed by atoms with van der Waals surface area (Å²) in [5.74, 6) is 1.42. The molecule has 15 heavy (non-hydrogen) atoms.